The Morgan fingerprint density at radius 2 is 1.72 bits per heavy atom. The van der Waals surface area contributed by atoms with Crippen molar-refractivity contribution in [3.8, 4) is 0 Å². The molecule has 1 heterocycles. The topological polar surface area (TPSA) is 41.9 Å². The second-order valence-corrected chi connectivity index (χ2v) is 6.01. The predicted octanol–water partition coefficient (Wildman–Crippen LogP) is 1.13. The molecule has 4 nitrogen and oxygen atoms in total. The van der Waals surface area contributed by atoms with Gasteiger partial charge in [0.05, 0.1) is 18.3 Å². The van der Waals surface area contributed by atoms with Crippen molar-refractivity contribution in [2.24, 2.45) is 11.8 Å². The second kappa shape index (κ2) is 6.33. The summed E-state index contributed by atoms with van der Waals surface area (Å²) in [5.74, 6) is 1.17. The Morgan fingerprint density at radius 1 is 1.11 bits per heavy atom. The average Bonchev–Trinajstić information content (AvgIpc) is 2.76. The van der Waals surface area contributed by atoms with Gasteiger partial charge in [0, 0.05) is 33.9 Å². The molecule has 0 aromatic rings. The summed E-state index contributed by atoms with van der Waals surface area (Å²) in [6, 6.07) is 0. The molecule has 18 heavy (non-hydrogen) atoms. The fraction of sp³-hybridized carbons (Fsp3) is 1.00. The van der Waals surface area contributed by atoms with Gasteiger partial charge >= 0.3 is 0 Å². The molecule has 1 aliphatic carbocycles. The van der Waals surface area contributed by atoms with Crippen LogP contribution in [-0.2, 0) is 9.47 Å². The summed E-state index contributed by atoms with van der Waals surface area (Å²) < 4.78 is 10.9. The molecule has 1 saturated carbocycles. The largest absolute Gasteiger partial charge is 0.393 e. The van der Waals surface area contributed by atoms with E-state index in [1.807, 2.05) is 0 Å². The Hall–Kier alpha value is -0.160. The lowest BCUT2D eigenvalue weighted by molar-refractivity contribution is -0.00461. The Labute approximate surface area is 110 Å². The molecule has 5 atom stereocenters. The summed E-state index contributed by atoms with van der Waals surface area (Å²) in [7, 11) is 3.50. The minimum atomic E-state index is -0.121. The van der Waals surface area contributed by atoms with Crippen LogP contribution < -0.4 is 0 Å². The van der Waals surface area contributed by atoms with Crippen LogP contribution in [0.15, 0.2) is 0 Å². The van der Waals surface area contributed by atoms with Crippen molar-refractivity contribution in [3.63, 3.8) is 0 Å². The molecule has 2 fully saturated rings. The van der Waals surface area contributed by atoms with Crippen LogP contribution in [0.1, 0.15) is 26.2 Å². The van der Waals surface area contributed by atoms with E-state index < -0.39 is 0 Å². The SMILES string of the molecule is COC1CN(CC2CC(C)CCC2O)CC1OC. The van der Waals surface area contributed by atoms with Crippen molar-refractivity contribution in [1.29, 1.82) is 0 Å². The Balaban J connectivity index is 1.86. The number of aliphatic hydroxyl groups excluding tert-OH is 1. The van der Waals surface area contributed by atoms with Gasteiger partial charge in [-0.25, -0.2) is 0 Å². The standard InChI is InChI=1S/C14H27NO3/c1-10-4-5-12(16)11(6-10)7-15-8-13(17-2)14(9-15)18-3/h10-14,16H,4-9H2,1-3H3. The molecule has 0 aromatic carbocycles. The normalized spacial score (nSPS) is 42.3. The minimum absolute atomic E-state index is 0.121. The molecule has 1 aliphatic heterocycles. The molecule has 0 aromatic heterocycles. The van der Waals surface area contributed by atoms with Crippen molar-refractivity contribution in [3.05, 3.63) is 0 Å². The smallest absolute Gasteiger partial charge is 0.0971 e. The van der Waals surface area contributed by atoms with E-state index in [2.05, 4.69) is 11.8 Å². The molecule has 1 saturated heterocycles. The summed E-state index contributed by atoms with van der Waals surface area (Å²) in [4.78, 5) is 2.38. The van der Waals surface area contributed by atoms with Crippen LogP contribution in [0.3, 0.4) is 0 Å². The number of rotatable bonds is 4. The number of nitrogens with zero attached hydrogens (tertiary/aromatic N) is 1. The summed E-state index contributed by atoms with van der Waals surface area (Å²) in [6.07, 6.45) is 3.50. The second-order valence-electron chi connectivity index (χ2n) is 6.01. The zero-order valence-corrected chi connectivity index (χ0v) is 11.8. The molecule has 0 spiro atoms. The first-order chi connectivity index (χ1) is 8.63. The summed E-state index contributed by atoms with van der Waals surface area (Å²) in [5, 5.41) is 10.1. The van der Waals surface area contributed by atoms with E-state index in [0.29, 0.717) is 5.92 Å². The molecule has 5 unspecified atom stereocenters. The van der Waals surface area contributed by atoms with Gasteiger partial charge < -0.3 is 14.6 Å². The summed E-state index contributed by atoms with van der Waals surface area (Å²) in [6.45, 7) is 5.11. The molecule has 106 valence electrons. The highest BCUT2D eigenvalue weighted by Gasteiger charge is 2.36. The van der Waals surface area contributed by atoms with Gasteiger partial charge in [0.2, 0.25) is 0 Å². The highest BCUT2D eigenvalue weighted by Crippen LogP contribution is 2.30. The molecular formula is C14H27NO3. The fourth-order valence-electron chi connectivity index (χ4n) is 3.43. The van der Waals surface area contributed by atoms with Gasteiger partial charge in [-0.05, 0) is 31.1 Å². The average molecular weight is 257 g/mol. The van der Waals surface area contributed by atoms with E-state index in [4.69, 9.17) is 9.47 Å². The van der Waals surface area contributed by atoms with E-state index >= 15 is 0 Å². The van der Waals surface area contributed by atoms with Crippen LogP contribution in [0, 0.1) is 11.8 Å². The van der Waals surface area contributed by atoms with Crippen LogP contribution >= 0.6 is 0 Å². The van der Waals surface area contributed by atoms with E-state index in [1.54, 1.807) is 14.2 Å². The quantitative estimate of drug-likeness (QED) is 0.820. The lowest BCUT2D eigenvalue weighted by Gasteiger charge is -2.34. The number of methoxy groups -OCH3 is 2. The third-order valence-electron chi connectivity index (χ3n) is 4.59. The molecule has 0 bridgehead atoms. The first-order valence-corrected chi connectivity index (χ1v) is 7.10. The van der Waals surface area contributed by atoms with Gasteiger partial charge in [-0.3, -0.25) is 4.90 Å². The number of hydrogen-bond acceptors (Lipinski definition) is 4. The molecule has 0 radical (unpaired) electrons. The van der Waals surface area contributed by atoms with Crippen LogP contribution in [-0.4, -0.2) is 62.2 Å². The molecule has 2 rings (SSSR count). The first kappa shape index (κ1) is 14.3. The molecule has 4 heteroatoms. The highest BCUT2D eigenvalue weighted by atomic mass is 16.5. The van der Waals surface area contributed by atoms with Gasteiger partial charge in [0.15, 0.2) is 0 Å². The number of aliphatic hydroxyl groups is 1. The van der Waals surface area contributed by atoms with Crippen LogP contribution in [0.2, 0.25) is 0 Å². The predicted molar refractivity (Wildman–Crippen MR) is 70.5 cm³/mol. The van der Waals surface area contributed by atoms with E-state index in [-0.39, 0.29) is 18.3 Å². The molecular weight excluding hydrogens is 230 g/mol. The van der Waals surface area contributed by atoms with E-state index in [1.165, 1.54) is 6.42 Å². The number of likely N-dealkylation sites (tertiary alicyclic amines) is 1. The van der Waals surface area contributed by atoms with Crippen molar-refractivity contribution in [1.82, 2.24) is 4.90 Å². The molecule has 0 amide bonds. The Morgan fingerprint density at radius 3 is 2.28 bits per heavy atom. The maximum Gasteiger partial charge on any atom is 0.0971 e. The third-order valence-corrected chi connectivity index (χ3v) is 4.59. The van der Waals surface area contributed by atoms with Gasteiger partial charge in [-0.2, -0.15) is 0 Å². The summed E-state index contributed by atoms with van der Waals surface area (Å²) >= 11 is 0. The first-order valence-electron chi connectivity index (χ1n) is 7.10. The van der Waals surface area contributed by atoms with Crippen molar-refractivity contribution in [2.45, 2.75) is 44.5 Å². The Kier molecular flexibility index (Phi) is 5.01. The lowest BCUT2D eigenvalue weighted by Crippen LogP contribution is -2.38. The van der Waals surface area contributed by atoms with E-state index in [0.717, 1.165) is 38.4 Å². The van der Waals surface area contributed by atoms with Gasteiger partial charge in [-0.15, -0.1) is 0 Å². The van der Waals surface area contributed by atoms with Gasteiger partial charge in [-0.1, -0.05) is 6.92 Å². The monoisotopic (exact) mass is 257 g/mol. The van der Waals surface area contributed by atoms with Crippen molar-refractivity contribution in [2.75, 3.05) is 33.9 Å². The lowest BCUT2D eigenvalue weighted by atomic mass is 9.80. The van der Waals surface area contributed by atoms with E-state index in [9.17, 15) is 5.11 Å². The van der Waals surface area contributed by atoms with Gasteiger partial charge in [0.1, 0.15) is 0 Å². The van der Waals surface area contributed by atoms with Crippen LogP contribution in [0.25, 0.3) is 0 Å². The highest BCUT2D eigenvalue weighted by molar-refractivity contribution is 4.89. The third kappa shape index (κ3) is 3.23. The minimum Gasteiger partial charge on any atom is -0.393 e. The van der Waals surface area contributed by atoms with Crippen molar-refractivity contribution >= 4 is 0 Å². The molecule has 1 N–H and O–H groups in total. The summed E-state index contributed by atoms with van der Waals surface area (Å²) in [5.41, 5.74) is 0. The zero-order chi connectivity index (χ0) is 13.1. The van der Waals surface area contributed by atoms with Gasteiger partial charge in [0.25, 0.3) is 0 Å². The maximum absolute atomic E-state index is 10.1. The molecule has 2 aliphatic rings. The van der Waals surface area contributed by atoms with Crippen LogP contribution in [0.4, 0.5) is 0 Å². The fourth-order valence-corrected chi connectivity index (χ4v) is 3.43. The number of ether oxygens (including phenoxy) is 2. The number of hydrogen-bond donors (Lipinski definition) is 1. The van der Waals surface area contributed by atoms with Crippen molar-refractivity contribution < 1.29 is 14.6 Å². The van der Waals surface area contributed by atoms with Crippen LogP contribution in [0.5, 0.6) is 0 Å². The zero-order valence-electron chi connectivity index (χ0n) is 11.8. The maximum atomic E-state index is 10.1. The Bertz CT molecular complexity index is 249.